The minimum atomic E-state index is -3.78. The summed E-state index contributed by atoms with van der Waals surface area (Å²) in [6.07, 6.45) is -0.681. The molecule has 4 rings (SSSR count). The van der Waals surface area contributed by atoms with E-state index >= 15 is 0 Å². The lowest BCUT2D eigenvalue weighted by Crippen LogP contribution is -2.54. The molecular weight excluding hydrogens is 436 g/mol. The molecule has 2 aromatic rings. The number of piperazine rings is 1. The number of primary sulfonamides is 1. The first-order valence-corrected chi connectivity index (χ1v) is 11.7. The molecule has 1 unspecified atom stereocenters. The highest BCUT2D eigenvalue weighted by atomic mass is 32.2. The predicted octanol–water partition coefficient (Wildman–Crippen LogP) is 0.257. The third-order valence-corrected chi connectivity index (χ3v) is 6.23. The van der Waals surface area contributed by atoms with E-state index in [0.717, 1.165) is 0 Å². The van der Waals surface area contributed by atoms with Gasteiger partial charge in [0.1, 0.15) is 6.61 Å². The number of hydrogen-bond acceptors (Lipinski definition) is 7. The lowest BCUT2D eigenvalue weighted by molar-refractivity contribution is -0.143. The van der Waals surface area contributed by atoms with Gasteiger partial charge in [0.25, 0.3) is 5.91 Å². The Bertz CT molecular complexity index is 1100. The third-order valence-electron chi connectivity index (χ3n) is 5.30. The maximum atomic E-state index is 12.8. The van der Waals surface area contributed by atoms with E-state index in [2.05, 4.69) is 5.32 Å². The number of carbonyl (C=O) groups excluding carboxylic acids is 2. The number of hydrogen-bond donors (Lipinski definition) is 2. The molecule has 2 aliphatic rings. The molecule has 0 aliphatic carbocycles. The largest absolute Gasteiger partial charge is 0.485 e. The average Bonchev–Trinajstić information content (AvgIpc) is 2.78. The van der Waals surface area contributed by atoms with Gasteiger partial charge >= 0.3 is 0 Å². The fourth-order valence-electron chi connectivity index (χ4n) is 3.60. The molecule has 32 heavy (non-hydrogen) atoms. The summed E-state index contributed by atoms with van der Waals surface area (Å²) in [6, 6.07) is 12.9. The van der Waals surface area contributed by atoms with Crippen LogP contribution >= 0.6 is 0 Å². The molecular formula is C21H24N4O6S. The molecule has 1 fully saturated rings. The van der Waals surface area contributed by atoms with Crippen LogP contribution in [0, 0.1) is 0 Å². The molecule has 1 saturated heterocycles. The molecule has 2 heterocycles. The van der Waals surface area contributed by atoms with Crippen LogP contribution in [0.2, 0.25) is 0 Å². The number of para-hydroxylation sites is 2. The molecule has 0 spiro atoms. The van der Waals surface area contributed by atoms with Crippen LogP contribution in [-0.4, -0.2) is 75.5 Å². The number of amides is 2. The fraction of sp³-hybridized carbons (Fsp3) is 0.333. The SMILES string of the molecule is NS(=O)(=O)c1ccc(NC(=O)CN2CCN(C(=O)C3COc4ccccc4O3)CC2)cc1. The highest BCUT2D eigenvalue weighted by Gasteiger charge is 2.32. The summed E-state index contributed by atoms with van der Waals surface area (Å²) in [5, 5.41) is 7.80. The smallest absolute Gasteiger partial charge is 0.267 e. The Morgan fingerprint density at radius 2 is 1.66 bits per heavy atom. The number of ether oxygens (including phenoxy) is 2. The van der Waals surface area contributed by atoms with E-state index < -0.39 is 16.1 Å². The van der Waals surface area contributed by atoms with E-state index in [-0.39, 0.29) is 29.9 Å². The van der Waals surface area contributed by atoms with Crippen LogP contribution in [0.25, 0.3) is 0 Å². The summed E-state index contributed by atoms with van der Waals surface area (Å²) in [7, 11) is -3.78. The van der Waals surface area contributed by atoms with Crippen molar-refractivity contribution < 1.29 is 27.5 Å². The van der Waals surface area contributed by atoms with Gasteiger partial charge in [-0.2, -0.15) is 0 Å². The van der Waals surface area contributed by atoms with Gasteiger partial charge in [-0.25, -0.2) is 13.6 Å². The van der Waals surface area contributed by atoms with E-state index in [1.54, 1.807) is 17.0 Å². The summed E-state index contributed by atoms with van der Waals surface area (Å²) in [5.74, 6) is 0.837. The predicted molar refractivity (Wildman–Crippen MR) is 116 cm³/mol. The number of sulfonamides is 1. The van der Waals surface area contributed by atoms with Crippen LogP contribution in [0.1, 0.15) is 0 Å². The van der Waals surface area contributed by atoms with E-state index in [1.807, 2.05) is 17.0 Å². The maximum absolute atomic E-state index is 12.8. The molecule has 170 valence electrons. The topological polar surface area (TPSA) is 131 Å². The normalized spacial score (nSPS) is 18.8. The van der Waals surface area contributed by atoms with Crippen LogP contribution in [-0.2, 0) is 19.6 Å². The number of nitrogens with zero attached hydrogens (tertiary/aromatic N) is 2. The van der Waals surface area contributed by atoms with Crippen molar-refractivity contribution in [1.29, 1.82) is 0 Å². The molecule has 0 radical (unpaired) electrons. The van der Waals surface area contributed by atoms with Crippen LogP contribution in [0.5, 0.6) is 11.5 Å². The number of carbonyl (C=O) groups is 2. The summed E-state index contributed by atoms with van der Waals surface area (Å²) in [4.78, 5) is 28.8. The first-order chi connectivity index (χ1) is 15.3. The zero-order chi connectivity index (χ0) is 22.7. The standard InChI is InChI=1S/C21H24N4O6S/c22-32(28,29)16-7-5-15(6-8-16)23-20(26)13-24-9-11-25(12-10-24)21(27)19-14-30-17-3-1-2-4-18(17)31-19/h1-8,19H,9-14H2,(H,23,26)(H2,22,28,29). The zero-order valence-electron chi connectivity index (χ0n) is 17.3. The number of nitrogens with one attached hydrogen (secondary N) is 1. The van der Waals surface area contributed by atoms with Crippen LogP contribution in [0.15, 0.2) is 53.4 Å². The fourth-order valence-corrected chi connectivity index (χ4v) is 4.12. The van der Waals surface area contributed by atoms with Gasteiger partial charge in [-0.15, -0.1) is 0 Å². The van der Waals surface area contributed by atoms with Gasteiger partial charge in [0.05, 0.1) is 11.4 Å². The van der Waals surface area contributed by atoms with Gasteiger partial charge in [0.2, 0.25) is 22.0 Å². The van der Waals surface area contributed by atoms with Gasteiger partial charge < -0.3 is 19.7 Å². The van der Waals surface area contributed by atoms with Crippen molar-refractivity contribution in [3.8, 4) is 11.5 Å². The monoisotopic (exact) mass is 460 g/mol. The van der Waals surface area contributed by atoms with Gasteiger partial charge in [0, 0.05) is 31.9 Å². The number of fused-ring (bicyclic) bond motifs is 1. The molecule has 0 bridgehead atoms. The number of rotatable bonds is 5. The van der Waals surface area contributed by atoms with Crippen molar-refractivity contribution in [2.75, 3.05) is 44.6 Å². The molecule has 10 nitrogen and oxygen atoms in total. The van der Waals surface area contributed by atoms with Crippen molar-refractivity contribution >= 4 is 27.5 Å². The first-order valence-electron chi connectivity index (χ1n) is 10.1. The Hall–Kier alpha value is -3.15. The molecule has 2 aromatic carbocycles. The lowest BCUT2D eigenvalue weighted by atomic mass is 10.2. The minimum Gasteiger partial charge on any atom is -0.485 e. The van der Waals surface area contributed by atoms with E-state index in [9.17, 15) is 18.0 Å². The number of nitrogens with two attached hydrogens (primary N) is 1. The summed E-state index contributed by atoms with van der Waals surface area (Å²) in [5.41, 5.74) is 0.478. The van der Waals surface area contributed by atoms with Crippen molar-refractivity contribution in [2.24, 2.45) is 5.14 Å². The Kier molecular flexibility index (Phi) is 6.31. The van der Waals surface area contributed by atoms with Crippen LogP contribution in [0.4, 0.5) is 5.69 Å². The molecule has 11 heteroatoms. The van der Waals surface area contributed by atoms with Gasteiger partial charge in [-0.05, 0) is 36.4 Å². The quantitative estimate of drug-likeness (QED) is 0.654. The molecule has 2 aliphatic heterocycles. The summed E-state index contributed by atoms with van der Waals surface area (Å²) < 4.78 is 34.0. The second-order valence-corrected chi connectivity index (χ2v) is 9.14. The van der Waals surface area contributed by atoms with E-state index in [1.165, 1.54) is 24.3 Å². The first kappa shape index (κ1) is 22.1. The Labute approximate surface area is 185 Å². The van der Waals surface area contributed by atoms with Crippen LogP contribution in [0.3, 0.4) is 0 Å². The Balaban J connectivity index is 1.24. The Morgan fingerprint density at radius 3 is 2.31 bits per heavy atom. The lowest BCUT2D eigenvalue weighted by Gasteiger charge is -2.36. The van der Waals surface area contributed by atoms with Crippen LogP contribution < -0.4 is 19.9 Å². The van der Waals surface area contributed by atoms with E-state index in [4.69, 9.17) is 14.6 Å². The number of anilines is 1. The van der Waals surface area contributed by atoms with E-state index in [0.29, 0.717) is 43.4 Å². The average molecular weight is 461 g/mol. The summed E-state index contributed by atoms with van der Waals surface area (Å²) in [6.45, 7) is 2.40. The van der Waals surface area contributed by atoms with Gasteiger partial charge in [0.15, 0.2) is 11.5 Å². The van der Waals surface area contributed by atoms with Crippen molar-refractivity contribution in [3.05, 3.63) is 48.5 Å². The Morgan fingerprint density at radius 1 is 1.00 bits per heavy atom. The van der Waals surface area contributed by atoms with Crippen molar-refractivity contribution in [2.45, 2.75) is 11.0 Å². The maximum Gasteiger partial charge on any atom is 0.267 e. The minimum absolute atomic E-state index is 0.0212. The van der Waals surface area contributed by atoms with Crippen molar-refractivity contribution in [3.63, 3.8) is 0 Å². The highest BCUT2D eigenvalue weighted by molar-refractivity contribution is 7.89. The zero-order valence-corrected chi connectivity index (χ0v) is 18.1. The molecule has 3 N–H and O–H groups in total. The molecule has 0 saturated carbocycles. The van der Waals surface area contributed by atoms with Gasteiger partial charge in [-0.3, -0.25) is 14.5 Å². The molecule has 0 aromatic heterocycles. The highest BCUT2D eigenvalue weighted by Crippen LogP contribution is 2.31. The van der Waals surface area contributed by atoms with Crippen molar-refractivity contribution in [1.82, 2.24) is 9.80 Å². The second kappa shape index (κ2) is 9.15. The number of benzene rings is 2. The van der Waals surface area contributed by atoms with Gasteiger partial charge in [-0.1, -0.05) is 12.1 Å². The molecule has 2 amide bonds. The third kappa shape index (κ3) is 5.18. The summed E-state index contributed by atoms with van der Waals surface area (Å²) >= 11 is 0. The second-order valence-electron chi connectivity index (χ2n) is 7.58. The molecule has 1 atom stereocenters.